The first-order chi connectivity index (χ1) is 20.4. The number of anilines is 3. The number of piperidine rings is 1. The summed E-state index contributed by atoms with van der Waals surface area (Å²) in [6.07, 6.45) is 8.13. The molecule has 4 heterocycles. The van der Waals surface area contributed by atoms with Gasteiger partial charge in [-0.1, -0.05) is 13.0 Å². The van der Waals surface area contributed by atoms with Gasteiger partial charge in [0.15, 0.2) is 5.82 Å². The minimum absolute atomic E-state index is 0.199. The highest BCUT2D eigenvalue weighted by Crippen LogP contribution is 2.38. The van der Waals surface area contributed by atoms with E-state index in [2.05, 4.69) is 57.2 Å². The van der Waals surface area contributed by atoms with Crippen LogP contribution in [0.25, 0.3) is 22.2 Å². The van der Waals surface area contributed by atoms with Crippen LogP contribution in [0.15, 0.2) is 24.4 Å². The average Bonchev–Trinajstić information content (AvgIpc) is 3.02. The first-order valence-electron chi connectivity index (χ1n) is 15.7. The third kappa shape index (κ3) is 5.98. The Balaban J connectivity index is 1.26. The molecule has 0 unspecified atom stereocenters. The molecule has 2 saturated heterocycles. The number of ether oxygens (including phenoxy) is 1. The number of likely N-dealkylation sites (N-methyl/N-ethyl adjacent to an activating group) is 1. The molecule has 0 amide bonds. The smallest absolute Gasteiger partial charge is 0.151 e. The maximum atomic E-state index is 9.95. The number of methoxy groups -OCH3 is 1. The molecule has 3 fully saturated rings. The van der Waals surface area contributed by atoms with Crippen LogP contribution in [0, 0.1) is 0 Å². The molecule has 10 heteroatoms. The van der Waals surface area contributed by atoms with Crippen LogP contribution in [0.3, 0.4) is 0 Å². The fourth-order valence-corrected chi connectivity index (χ4v) is 6.85. The average molecular weight is 575 g/mol. The zero-order chi connectivity index (χ0) is 29.2. The molecule has 0 radical (unpaired) electrons. The lowest BCUT2D eigenvalue weighted by Gasteiger charge is -2.42. The summed E-state index contributed by atoms with van der Waals surface area (Å²) in [4.78, 5) is 22.1. The van der Waals surface area contributed by atoms with E-state index in [-0.39, 0.29) is 12.1 Å². The molecule has 1 aromatic carbocycles. The minimum atomic E-state index is -0.199. The third-order valence-electron chi connectivity index (χ3n) is 9.52. The number of aromatic nitrogens is 3. The summed E-state index contributed by atoms with van der Waals surface area (Å²) in [5.41, 5.74) is 11.6. The molecule has 6 rings (SSSR count). The van der Waals surface area contributed by atoms with Crippen molar-refractivity contribution in [2.24, 2.45) is 0 Å². The summed E-state index contributed by atoms with van der Waals surface area (Å²) in [5, 5.41) is 13.6. The highest BCUT2D eigenvalue weighted by molar-refractivity contribution is 5.97. The summed E-state index contributed by atoms with van der Waals surface area (Å²) in [6.45, 7) is 8.80. The van der Waals surface area contributed by atoms with Crippen LogP contribution in [-0.2, 0) is 6.42 Å². The van der Waals surface area contributed by atoms with Gasteiger partial charge in [0.2, 0.25) is 0 Å². The van der Waals surface area contributed by atoms with E-state index >= 15 is 0 Å². The normalized spacial score (nSPS) is 22.9. The molecule has 3 aromatic rings. The summed E-state index contributed by atoms with van der Waals surface area (Å²) in [6, 6.07) is 7.35. The summed E-state index contributed by atoms with van der Waals surface area (Å²) in [5.74, 6) is 2.04. The van der Waals surface area contributed by atoms with Gasteiger partial charge >= 0.3 is 0 Å². The number of hydrogen-bond donors (Lipinski definition) is 3. The van der Waals surface area contributed by atoms with Crippen molar-refractivity contribution in [2.75, 3.05) is 69.4 Å². The molecular weight excluding hydrogens is 528 g/mol. The summed E-state index contributed by atoms with van der Waals surface area (Å²) < 4.78 is 5.95. The number of aliphatic hydroxyl groups excluding tert-OH is 1. The Morgan fingerprint density at radius 3 is 2.40 bits per heavy atom. The molecule has 226 valence electrons. The van der Waals surface area contributed by atoms with E-state index in [1.165, 1.54) is 25.9 Å². The number of aliphatic hydroxyl groups is 1. The van der Waals surface area contributed by atoms with Gasteiger partial charge in [0, 0.05) is 63.1 Å². The lowest BCUT2D eigenvalue weighted by Crippen LogP contribution is -2.52. The predicted octanol–water partition coefficient (Wildman–Crippen LogP) is 3.78. The van der Waals surface area contributed by atoms with Crippen LogP contribution in [0.1, 0.15) is 51.1 Å². The number of rotatable bonds is 7. The number of aryl methyl sites for hydroxylation is 1. The second-order valence-electron chi connectivity index (χ2n) is 12.2. The van der Waals surface area contributed by atoms with Gasteiger partial charge in [-0.2, -0.15) is 0 Å². The molecular formula is C32H46N8O2. The molecule has 2 aromatic heterocycles. The number of nitrogen functional groups attached to an aromatic ring is 1. The maximum Gasteiger partial charge on any atom is 0.151 e. The van der Waals surface area contributed by atoms with Gasteiger partial charge < -0.3 is 30.7 Å². The van der Waals surface area contributed by atoms with Gasteiger partial charge in [-0.3, -0.25) is 4.90 Å². The number of nitrogens with zero attached hydrogens (tertiary/aromatic N) is 6. The molecule has 4 N–H and O–H groups in total. The van der Waals surface area contributed by atoms with Crippen molar-refractivity contribution in [1.82, 2.24) is 24.8 Å². The monoisotopic (exact) mass is 574 g/mol. The van der Waals surface area contributed by atoms with Crippen molar-refractivity contribution in [3.63, 3.8) is 0 Å². The Morgan fingerprint density at radius 2 is 1.71 bits per heavy atom. The number of nitrogens with one attached hydrogen (secondary N) is 1. The predicted molar refractivity (Wildman–Crippen MR) is 169 cm³/mol. The Labute approximate surface area is 249 Å². The van der Waals surface area contributed by atoms with Crippen LogP contribution in [0.5, 0.6) is 5.75 Å². The molecule has 1 saturated carbocycles. The van der Waals surface area contributed by atoms with E-state index in [1.807, 2.05) is 0 Å². The van der Waals surface area contributed by atoms with E-state index in [4.69, 9.17) is 20.4 Å². The SMILES string of the molecule is CCc1nc2c(N)ncc(-c3ccc(N4CCC(N5CCN(C)CC5)CC4)c(OC)c3)c2nc1NC1CCC(O)CC1. The molecule has 3 aliphatic rings. The lowest BCUT2D eigenvalue weighted by atomic mass is 9.93. The number of piperazine rings is 1. The highest BCUT2D eigenvalue weighted by atomic mass is 16.5. The van der Waals surface area contributed by atoms with Crippen molar-refractivity contribution in [2.45, 2.75) is 70.1 Å². The van der Waals surface area contributed by atoms with Gasteiger partial charge in [-0.25, -0.2) is 15.0 Å². The van der Waals surface area contributed by atoms with Crippen molar-refractivity contribution < 1.29 is 9.84 Å². The van der Waals surface area contributed by atoms with Crippen LogP contribution in [0.2, 0.25) is 0 Å². The topological polar surface area (TPSA) is 116 Å². The molecule has 0 spiro atoms. The van der Waals surface area contributed by atoms with Crippen LogP contribution >= 0.6 is 0 Å². The molecule has 2 aliphatic heterocycles. The van der Waals surface area contributed by atoms with Crippen LogP contribution in [0.4, 0.5) is 17.3 Å². The lowest BCUT2D eigenvalue weighted by molar-refractivity contribution is 0.0981. The standard InChI is InChI=1S/C32H46N8O2/c1-4-26-32(35-22-6-8-24(41)9-7-22)37-29-25(20-34-31(33)30(29)36-26)21-5-10-27(28(19-21)42-3)40-13-11-23(12-14-40)39-17-15-38(2)16-18-39/h5,10,19-20,22-24,41H,4,6-9,11-18H2,1-3H3,(H2,33,34)(H,35,37). The van der Waals surface area contributed by atoms with Gasteiger partial charge in [0.1, 0.15) is 22.6 Å². The zero-order valence-corrected chi connectivity index (χ0v) is 25.3. The summed E-state index contributed by atoms with van der Waals surface area (Å²) >= 11 is 0. The second-order valence-corrected chi connectivity index (χ2v) is 12.2. The molecule has 42 heavy (non-hydrogen) atoms. The van der Waals surface area contributed by atoms with E-state index in [9.17, 15) is 5.11 Å². The molecule has 0 bridgehead atoms. The fraction of sp³-hybridized carbons (Fsp3) is 0.594. The highest BCUT2D eigenvalue weighted by Gasteiger charge is 2.28. The Morgan fingerprint density at radius 1 is 0.976 bits per heavy atom. The number of fused-ring (bicyclic) bond motifs is 1. The largest absolute Gasteiger partial charge is 0.495 e. The second kappa shape index (κ2) is 12.6. The van der Waals surface area contributed by atoms with E-state index < -0.39 is 0 Å². The minimum Gasteiger partial charge on any atom is -0.495 e. The van der Waals surface area contributed by atoms with E-state index in [0.717, 1.165) is 97.9 Å². The quantitative estimate of drug-likeness (QED) is 0.385. The Kier molecular flexibility index (Phi) is 8.65. The number of benzene rings is 1. The first kappa shape index (κ1) is 28.9. The van der Waals surface area contributed by atoms with Gasteiger partial charge in [0.05, 0.1) is 24.6 Å². The number of hydrogen-bond acceptors (Lipinski definition) is 10. The summed E-state index contributed by atoms with van der Waals surface area (Å²) in [7, 11) is 3.96. The molecule has 1 aliphatic carbocycles. The van der Waals surface area contributed by atoms with Crippen LogP contribution < -0.4 is 20.7 Å². The first-order valence-corrected chi connectivity index (χ1v) is 15.7. The number of pyridine rings is 1. The molecule has 0 atom stereocenters. The van der Waals surface area contributed by atoms with Crippen LogP contribution in [-0.4, -0.2) is 101 Å². The van der Waals surface area contributed by atoms with Gasteiger partial charge in [-0.15, -0.1) is 0 Å². The van der Waals surface area contributed by atoms with Crippen molar-refractivity contribution in [3.05, 3.63) is 30.1 Å². The fourth-order valence-electron chi connectivity index (χ4n) is 6.85. The maximum absolute atomic E-state index is 9.95. The Hall–Kier alpha value is -3.21. The van der Waals surface area contributed by atoms with Gasteiger partial charge in [-0.05, 0) is 69.7 Å². The Bertz CT molecular complexity index is 1380. The zero-order valence-electron chi connectivity index (χ0n) is 25.3. The van der Waals surface area contributed by atoms with E-state index in [1.54, 1.807) is 13.3 Å². The van der Waals surface area contributed by atoms with Crippen molar-refractivity contribution >= 4 is 28.4 Å². The number of nitrogens with two attached hydrogens (primary N) is 1. The van der Waals surface area contributed by atoms with Crippen molar-refractivity contribution in [3.8, 4) is 16.9 Å². The third-order valence-corrected chi connectivity index (χ3v) is 9.52. The van der Waals surface area contributed by atoms with Crippen molar-refractivity contribution in [1.29, 1.82) is 0 Å². The van der Waals surface area contributed by atoms with E-state index in [0.29, 0.717) is 17.4 Å². The molecule has 10 nitrogen and oxygen atoms in total. The van der Waals surface area contributed by atoms with Gasteiger partial charge in [0.25, 0.3) is 0 Å².